The highest BCUT2D eigenvalue weighted by Crippen LogP contribution is 2.37. The molecule has 0 radical (unpaired) electrons. The molecule has 0 aliphatic carbocycles. The van der Waals surface area contributed by atoms with E-state index in [4.69, 9.17) is 29.3 Å². The van der Waals surface area contributed by atoms with Gasteiger partial charge in [0.05, 0.1) is 43.5 Å². The van der Waals surface area contributed by atoms with Crippen LogP contribution in [0.3, 0.4) is 0 Å². The molecule has 2 N–H and O–H groups in total. The molecule has 2 aromatic heterocycles. The van der Waals surface area contributed by atoms with Crippen LogP contribution in [0.1, 0.15) is 23.2 Å². The highest BCUT2D eigenvalue weighted by molar-refractivity contribution is 7.92. The lowest BCUT2D eigenvalue weighted by Gasteiger charge is -2.34. The zero-order valence-electron chi connectivity index (χ0n) is 25.6. The number of fused-ring (bicyclic) bond motifs is 1. The van der Waals surface area contributed by atoms with E-state index in [1.54, 1.807) is 0 Å². The molecule has 4 aromatic rings. The zero-order valence-corrected chi connectivity index (χ0v) is 26.4. The molecule has 0 spiro atoms. The molecule has 0 saturated carbocycles. The van der Waals surface area contributed by atoms with Crippen LogP contribution in [0.4, 0.5) is 26.1 Å². The third-order valence-electron chi connectivity index (χ3n) is 7.90. The van der Waals surface area contributed by atoms with E-state index in [0.29, 0.717) is 86.0 Å². The molecule has 13 nitrogen and oxygen atoms in total. The summed E-state index contributed by atoms with van der Waals surface area (Å²) in [7, 11) is -2.33. The maximum absolute atomic E-state index is 15.3. The first-order valence-electron chi connectivity index (χ1n) is 14.8. The number of piperidine rings is 1. The summed E-state index contributed by atoms with van der Waals surface area (Å²) < 4.78 is 73.7. The van der Waals surface area contributed by atoms with Gasteiger partial charge in [-0.2, -0.15) is 0 Å². The predicted octanol–water partition coefficient (Wildman–Crippen LogP) is 3.93. The van der Waals surface area contributed by atoms with Crippen LogP contribution in [-0.2, 0) is 14.8 Å². The van der Waals surface area contributed by atoms with Gasteiger partial charge in [-0.05, 0) is 30.3 Å². The number of hydrogen-bond acceptors (Lipinski definition) is 11. The first kappa shape index (κ1) is 32.1. The second-order valence-corrected chi connectivity index (χ2v) is 13.0. The fourth-order valence-corrected chi connectivity index (χ4v) is 6.22. The largest absolute Gasteiger partial charge is 0.488 e. The first-order valence-corrected chi connectivity index (χ1v) is 16.7. The van der Waals surface area contributed by atoms with Crippen LogP contribution in [0.5, 0.6) is 11.6 Å². The predicted molar refractivity (Wildman–Crippen MR) is 170 cm³/mol. The monoisotopic (exact) mass is 670 g/mol. The highest BCUT2D eigenvalue weighted by atomic mass is 32.2. The van der Waals surface area contributed by atoms with E-state index in [-0.39, 0.29) is 29.0 Å². The molecule has 16 heteroatoms. The van der Waals surface area contributed by atoms with E-state index in [9.17, 15) is 17.6 Å². The summed E-state index contributed by atoms with van der Waals surface area (Å²) in [6.45, 7) is 2.82. The van der Waals surface area contributed by atoms with Gasteiger partial charge in [0.1, 0.15) is 34.7 Å². The molecule has 6 rings (SSSR count). The number of aromatic carboxylic acids is 1. The van der Waals surface area contributed by atoms with Crippen molar-refractivity contribution in [2.45, 2.75) is 18.9 Å². The zero-order chi connectivity index (χ0) is 33.3. The summed E-state index contributed by atoms with van der Waals surface area (Å²) in [5.41, 5.74) is 1.30. The average molecular weight is 671 g/mol. The summed E-state index contributed by atoms with van der Waals surface area (Å²) >= 11 is 0. The Balaban J connectivity index is 1.35. The van der Waals surface area contributed by atoms with Crippen molar-refractivity contribution < 1.29 is 41.3 Å². The Morgan fingerprint density at radius 3 is 2.45 bits per heavy atom. The standard InChI is InChI=1S/C31H32F2N6O7S/c1-44-29-24(37-47(2,42)43)14-19(17-34-29)27-22-15-20(32)16-26(28(22)36-31(35-27)39-9-11-45-12-10-39)46-21-5-7-38(8-6-21)25-4-3-18(30(40)41)13-23(25)33/h3-4,13-17,21,37H,5-12H2,1-2H3,(H,40,41). The smallest absolute Gasteiger partial charge is 0.335 e. The number of carboxylic acids is 1. The topological polar surface area (TPSA) is 156 Å². The van der Waals surface area contributed by atoms with E-state index < -0.39 is 27.6 Å². The molecule has 2 fully saturated rings. The van der Waals surface area contributed by atoms with Crippen molar-refractivity contribution in [1.29, 1.82) is 0 Å². The lowest BCUT2D eigenvalue weighted by molar-refractivity contribution is 0.0696. The van der Waals surface area contributed by atoms with Crippen LogP contribution < -0.4 is 24.0 Å². The Kier molecular flexibility index (Phi) is 8.96. The van der Waals surface area contributed by atoms with Crippen molar-refractivity contribution in [3.63, 3.8) is 0 Å². The molecule has 248 valence electrons. The quantitative estimate of drug-likeness (QED) is 0.265. The third kappa shape index (κ3) is 7.12. The van der Waals surface area contributed by atoms with Crippen molar-refractivity contribution in [3.8, 4) is 22.9 Å². The summed E-state index contributed by atoms with van der Waals surface area (Å²) in [4.78, 5) is 28.8. The third-order valence-corrected chi connectivity index (χ3v) is 8.49. The second kappa shape index (κ2) is 13.1. The number of nitrogens with zero attached hydrogens (tertiary/aromatic N) is 5. The van der Waals surface area contributed by atoms with Gasteiger partial charge in [-0.3, -0.25) is 4.72 Å². The minimum atomic E-state index is -3.69. The number of pyridine rings is 1. The summed E-state index contributed by atoms with van der Waals surface area (Å²) in [5, 5.41) is 9.48. The van der Waals surface area contributed by atoms with E-state index in [1.807, 2.05) is 9.80 Å². The molecule has 0 bridgehead atoms. The van der Waals surface area contributed by atoms with Gasteiger partial charge in [0.15, 0.2) is 0 Å². The van der Waals surface area contributed by atoms with Crippen molar-refractivity contribution >= 4 is 44.2 Å². The maximum atomic E-state index is 15.3. The van der Waals surface area contributed by atoms with Crippen molar-refractivity contribution in [1.82, 2.24) is 15.0 Å². The number of ether oxygens (including phenoxy) is 3. The normalized spacial score (nSPS) is 15.9. The minimum absolute atomic E-state index is 0.0465. The molecule has 0 amide bonds. The van der Waals surface area contributed by atoms with Gasteiger partial charge >= 0.3 is 5.97 Å². The van der Waals surface area contributed by atoms with E-state index in [0.717, 1.165) is 12.3 Å². The number of benzene rings is 2. The van der Waals surface area contributed by atoms with Crippen molar-refractivity contribution in [2.75, 3.05) is 67.3 Å². The van der Waals surface area contributed by atoms with Gasteiger partial charge in [-0.15, -0.1) is 0 Å². The number of hydrogen-bond donors (Lipinski definition) is 2. The number of nitrogens with one attached hydrogen (secondary N) is 1. The lowest BCUT2D eigenvalue weighted by Crippen LogP contribution is -2.39. The van der Waals surface area contributed by atoms with Gasteiger partial charge in [0.25, 0.3) is 0 Å². The number of methoxy groups -OCH3 is 1. The molecule has 0 unspecified atom stereocenters. The van der Waals surface area contributed by atoms with Crippen molar-refractivity contribution in [3.05, 3.63) is 59.8 Å². The van der Waals surface area contributed by atoms with Crippen LogP contribution in [0.25, 0.3) is 22.2 Å². The lowest BCUT2D eigenvalue weighted by atomic mass is 10.0. The van der Waals surface area contributed by atoms with Crippen LogP contribution in [0.15, 0.2) is 42.6 Å². The Labute approximate surface area is 269 Å². The molecule has 2 aliphatic heterocycles. The van der Waals surface area contributed by atoms with Crippen LogP contribution >= 0.6 is 0 Å². The van der Waals surface area contributed by atoms with Gasteiger partial charge in [0, 0.05) is 62.2 Å². The number of aromatic nitrogens is 3. The molecule has 4 heterocycles. The number of morpholine rings is 1. The van der Waals surface area contributed by atoms with Gasteiger partial charge in [0.2, 0.25) is 21.9 Å². The molecule has 47 heavy (non-hydrogen) atoms. The fourth-order valence-electron chi connectivity index (χ4n) is 5.68. The summed E-state index contributed by atoms with van der Waals surface area (Å²) in [6.07, 6.45) is 3.08. The highest BCUT2D eigenvalue weighted by Gasteiger charge is 2.26. The van der Waals surface area contributed by atoms with E-state index in [1.165, 1.54) is 43.6 Å². The Morgan fingerprint density at radius 2 is 1.79 bits per heavy atom. The fraction of sp³-hybridized carbons (Fsp3) is 0.355. The SMILES string of the molecule is COc1ncc(-c2nc(N3CCOCC3)nc3c(OC4CCN(c5ccc(C(=O)O)cc5F)CC4)cc(F)cc23)cc1NS(C)(=O)=O. The number of anilines is 3. The molecule has 2 aromatic carbocycles. The van der Waals surface area contributed by atoms with Gasteiger partial charge < -0.3 is 29.1 Å². The van der Waals surface area contributed by atoms with Crippen LogP contribution in [0, 0.1) is 11.6 Å². The molecular formula is C31H32F2N6O7S. The maximum Gasteiger partial charge on any atom is 0.335 e. The Bertz CT molecular complexity index is 1930. The number of carbonyl (C=O) groups is 1. The molecule has 0 atom stereocenters. The first-order chi connectivity index (χ1) is 22.5. The second-order valence-electron chi connectivity index (χ2n) is 11.2. The summed E-state index contributed by atoms with van der Waals surface area (Å²) in [6, 6.07) is 7.89. The number of carboxylic acid groups (broad SMARTS) is 1. The van der Waals surface area contributed by atoms with E-state index >= 15 is 4.39 Å². The Hall–Kier alpha value is -4.83. The number of rotatable bonds is 9. The Morgan fingerprint density at radius 1 is 1.04 bits per heavy atom. The molecular weight excluding hydrogens is 638 g/mol. The van der Waals surface area contributed by atoms with Gasteiger partial charge in [-0.25, -0.2) is 36.9 Å². The summed E-state index contributed by atoms with van der Waals surface area (Å²) in [5.74, 6) is -1.82. The molecule has 2 aliphatic rings. The van der Waals surface area contributed by atoms with E-state index in [2.05, 4.69) is 9.71 Å². The van der Waals surface area contributed by atoms with Crippen LogP contribution in [-0.4, -0.2) is 93.3 Å². The number of sulfonamides is 1. The molecule has 2 saturated heterocycles. The van der Waals surface area contributed by atoms with Gasteiger partial charge in [-0.1, -0.05) is 0 Å². The van der Waals surface area contributed by atoms with Crippen LogP contribution in [0.2, 0.25) is 0 Å². The number of halogens is 2. The average Bonchev–Trinajstić information content (AvgIpc) is 3.04. The minimum Gasteiger partial charge on any atom is -0.488 e. The van der Waals surface area contributed by atoms with Crippen molar-refractivity contribution in [2.24, 2.45) is 0 Å².